The van der Waals surface area contributed by atoms with E-state index in [0.717, 1.165) is 11.4 Å². The fraction of sp³-hybridized carbons (Fsp3) is 0.211. The molecule has 1 aliphatic heterocycles. The summed E-state index contributed by atoms with van der Waals surface area (Å²) in [4.78, 5) is 17.1. The SMILES string of the molecule is CC(C)C1=NN(c2ccccc2)C(=O)C1C=Nc1ccccc1O. The summed E-state index contributed by atoms with van der Waals surface area (Å²) in [5.74, 6) is -0.459. The second-order valence-electron chi connectivity index (χ2n) is 5.91. The molecule has 1 atom stereocenters. The summed E-state index contributed by atoms with van der Waals surface area (Å²) in [5, 5.41) is 15.7. The summed E-state index contributed by atoms with van der Waals surface area (Å²) in [6.07, 6.45) is 1.57. The smallest absolute Gasteiger partial charge is 0.261 e. The predicted octanol–water partition coefficient (Wildman–Crippen LogP) is 3.77. The third-order valence-electron chi connectivity index (χ3n) is 3.85. The molecule has 5 heteroatoms. The van der Waals surface area contributed by atoms with E-state index in [4.69, 9.17) is 0 Å². The zero-order valence-corrected chi connectivity index (χ0v) is 13.6. The summed E-state index contributed by atoms with van der Waals surface area (Å²) in [6.45, 7) is 4.00. The van der Waals surface area contributed by atoms with E-state index >= 15 is 0 Å². The first-order valence-electron chi connectivity index (χ1n) is 7.87. The maximum atomic E-state index is 12.8. The molecule has 3 rings (SSSR count). The first kappa shape index (κ1) is 15.9. The minimum Gasteiger partial charge on any atom is -0.506 e. The number of hydrazone groups is 1. The van der Waals surface area contributed by atoms with Gasteiger partial charge in [0.25, 0.3) is 5.91 Å². The predicted molar refractivity (Wildman–Crippen MR) is 95.9 cm³/mol. The van der Waals surface area contributed by atoms with E-state index in [0.29, 0.717) is 5.69 Å². The van der Waals surface area contributed by atoms with E-state index in [-0.39, 0.29) is 17.6 Å². The van der Waals surface area contributed by atoms with E-state index < -0.39 is 5.92 Å². The quantitative estimate of drug-likeness (QED) is 0.871. The third-order valence-corrected chi connectivity index (χ3v) is 3.85. The number of amides is 1. The zero-order valence-electron chi connectivity index (χ0n) is 13.6. The number of aliphatic imine (C=N–C) groups is 1. The summed E-state index contributed by atoms with van der Waals surface area (Å²) >= 11 is 0. The Bertz CT molecular complexity index is 797. The highest BCUT2D eigenvalue weighted by Gasteiger charge is 2.36. The fourth-order valence-corrected chi connectivity index (χ4v) is 2.58. The van der Waals surface area contributed by atoms with Gasteiger partial charge in [-0.2, -0.15) is 10.1 Å². The van der Waals surface area contributed by atoms with Crippen LogP contribution in [-0.2, 0) is 4.79 Å². The molecule has 0 saturated carbocycles. The number of para-hydroxylation sites is 3. The maximum absolute atomic E-state index is 12.8. The molecule has 0 radical (unpaired) electrons. The lowest BCUT2D eigenvalue weighted by atomic mass is 9.95. The van der Waals surface area contributed by atoms with Gasteiger partial charge in [0, 0.05) is 6.21 Å². The molecule has 1 N–H and O–H groups in total. The van der Waals surface area contributed by atoms with E-state index in [1.54, 1.807) is 30.5 Å². The number of hydrogen-bond acceptors (Lipinski definition) is 4. The van der Waals surface area contributed by atoms with E-state index in [9.17, 15) is 9.90 Å². The number of rotatable bonds is 4. The summed E-state index contributed by atoms with van der Waals surface area (Å²) in [7, 11) is 0. The molecule has 2 aromatic rings. The number of benzene rings is 2. The highest BCUT2D eigenvalue weighted by molar-refractivity contribution is 6.24. The van der Waals surface area contributed by atoms with E-state index in [1.807, 2.05) is 44.2 Å². The number of phenolic OH excluding ortho intramolecular Hbond substituents is 1. The number of nitrogens with zero attached hydrogens (tertiary/aromatic N) is 3. The molecule has 0 aromatic heterocycles. The van der Waals surface area contributed by atoms with Crippen molar-refractivity contribution in [3.63, 3.8) is 0 Å². The molecule has 1 heterocycles. The van der Waals surface area contributed by atoms with Crippen molar-refractivity contribution in [3.8, 4) is 5.75 Å². The Kier molecular flexibility index (Phi) is 4.42. The largest absolute Gasteiger partial charge is 0.506 e. The molecule has 1 unspecified atom stereocenters. The molecular formula is C19H19N3O2. The Labute approximate surface area is 141 Å². The van der Waals surface area contributed by atoms with Crippen LogP contribution in [0.2, 0.25) is 0 Å². The van der Waals surface area contributed by atoms with Crippen molar-refractivity contribution < 1.29 is 9.90 Å². The van der Waals surface area contributed by atoms with Crippen LogP contribution in [0, 0.1) is 11.8 Å². The van der Waals surface area contributed by atoms with Gasteiger partial charge in [-0.05, 0) is 30.2 Å². The van der Waals surface area contributed by atoms with Crippen LogP contribution in [0.1, 0.15) is 13.8 Å². The topological polar surface area (TPSA) is 65.3 Å². The number of aromatic hydroxyl groups is 1. The minimum atomic E-state index is -0.523. The Morgan fingerprint density at radius 2 is 1.79 bits per heavy atom. The van der Waals surface area contributed by atoms with Gasteiger partial charge in [-0.1, -0.05) is 44.2 Å². The van der Waals surface area contributed by atoms with Gasteiger partial charge >= 0.3 is 0 Å². The summed E-state index contributed by atoms with van der Waals surface area (Å²) in [6, 6.07) is 16.1. The Morgan fingerprint density at radius 1 is 1.12 bits per heavy atom. The van der Waals surface area contributed by atoms with E-state index in [2.05, 4.69) is 10.1 Å². The Balaban J connectivity index is 1.91. The molecular weight excluding hydrogens is 302 g/mol. The van der Waals surface area contributed by atoms with Gasteiger partial charge in [0.2, 0.25) is 0 Å². The normalized spacial score (nSPS) is 17.8. The number of carbonyl (C=O) groups is 1. The van der Waals surface area contributed by atoms with Crippen molar-refractivity contribution in [3.05, 3.63) is 54.6 Å². The molecule has 0 aliphatic carbocycles. The van der Waals surface area contributed by atoms with Crippen molar-refractivity contribution in [1.82, 2.24) is 0 Å². The highest BCUT2D eigenvalue weighted by atomic mass is 16.3. The van der Waals surface area contributed by atoms with Crippen molar-refractivity contribution in [1.29, 1.82) is 0 Å². The lowest BCUT2D eigenvalue weighted by Gasteiger charge is -2.12. The lowest BCUT2D eigenvalue weighted by Crippen LogP contribution is -2.29. The number of carbonyl (C=O) groups excluding carboxylic acids is 1. The van der Waals surface area contributed by atoms with Crippen LogP contribution in [-0.4, -0.2) is 22.9 Å². The van der Waals surface area contributed by atoms with Crippen molar-refractivity contribution >= 4 is 29.2 Å². The van der Waals surface area contributed by atoms with Crippen molar-refractivity contribution in [2.45, 2.75) is 13.8 Å². The molecule has 1 amide bonds. The summed E-state index contributed by atoms with van der Waals surface area (Å²) < 4.78 is 0. The monoisotopic (exact) mass is 321 g/mol. The van der Waals surface area contributed by atoms with Gasteiger partial charge in [0.1, 0.15) is 17.4 Å². The second-order valence-corrected chi connectivity index (χ2v) is 5.91. The van der Waals surface area contributed by atoms with Crippen molar-refractivity contribution in [2.75, 3.05) is 5.01 Å². The molecule has 0 bridgehead atoms. The Hall–Kier alpha value is -2.95. The standard InChI is InChI=1S/C19H19N3O2/c1-13(2)18-15(12-20-16-10-6-7-11-17(16)23)19(24)22(21-18)14-8-4-3-5-9-14/h3-13,15,23H,1-2H3. The van der Waals surface area contributed by atoms with Gasteiger partial charge < -0.3 is 5.11 Å². The number of anilines is 1. The zero-order chi connectivity index (χ0) is 17.1. The summed E-state index contributed by atoms with van der Waals surface area (Å²) in [5.41, 5.74) is 1.94. The lowest BCUT2D eigenvalue weighted by molar-refractivity contribution is -0.118. The fourth-order valence-electron chi connectivity index (χ4n) is 2.58. The molecule has 122 valence electrons. The third kappa shape index (κ3) is 3.06. The average molecular weight is 321 g/mol. The van der Waals surface area contributed by atoms with Crippen LogP contribution in [0.3, 0.4) is 0 Å². The molecule has 1 aliphatic rings. The van der Waals surface area contributed by atoms with Crippen LogP contribution in [0.15, 0.2) is 64.7 Å². The van der Waals surface area contributed by atoms with Gasteiger partial charge in [-0.3, -0.25) is 9.79 Å². The van der Waals surface area contributed by atoms with Crippen LogP contribution in [0.25, 0.3) is 0 Å². The van der Waals surface area contributed by atoms with Gasteiger partial charge in [0.05, 0.1) is 11.4 Å². The van der Waals surface area contributed by atoms with Crippen LogP contribution in [0.5, 0.6) is 5.75 Å². The van der Waals surface area contributed by atoms with Crippen LogP contribution < -0.4 is 5.01 Å². The molecule has 5 nitrogen and oxygen atoms in total. The molecule has 2 aromatic carbocycles. The average Bonchev–Trinajstić information content (AvgIpc) is 2.92. The van der Waals surface area contributed by atoms with Gasteiger partial charge in [0.15, 0.2) is 0 Å². The molecule has 0 fully saturated rings. The molecule has 0 spiro atoms. The highest BCUT2D eigenvalue weighted by Crippen LogP contribution is 2.28. The van der Waals surface area contributed by atoms with Gasteiger partial charge in [-0.25, -0.2) is 0 Å². The number of phenols is 1. The first-order valence-corrected chi connectivity index (χ1v) is 7.87. The minimum absolute atomic E-state index is 0.0853. The molecule has 0 saturated heterocycles. The van der Waals surface area contributed by atoms with Gasteiger partial charge in [-0.15, -0.1) is 0 Å². The second kappa shape index (κ2) is 6.66. The number of hydrogen-bond donors (Lipinski definition) is 1. The van der Waals surface area contributed by atoms with Crippen LogP contribution >= 0.6 is 0 Å². The molecule has 24 heavy (non-hydrogen) atoms. The van der Waals surface area contributed by atoms with Crippen molar-refractivity contribution in [2.24, 2.45) is 21.9 Å². The first-order chi connectivity index (χ1) is 11.6. The Morgan fingerprint density at radius 3 is 2.46 bits per heavy atom. The maximum Gasteiger partial charge on any atom is 0.261 e. The van der Waals surface area contributed by atoms with E-state index in [1.165, 1.54) is 5.01 Å². The van der Waals surface area contributed by atoms with Crippen LogP contribution in [0.4, 0.5) is 11.4 Å².